The van der Waals surface area contributed by atoms with Crippen LogP contribution in [-0.4, -0.2) is 20.1 Å². The lowest BCUT2D eigenvalue weighted by atomic mass is 10.1. The van der Waals surface area contributed by atoms with E-state index in [1.54, 1.807) is 23.8 Å². The van der Waals surface area contributed by atoms with E-state index in [1.807, 2.05) is 55.6 Å². The molecule has 2 aromatic rings. The average Bonchev–Trinajstić information content (AvgIpc) is 2.51. The fourth-order valence-electron chi connectivity index (χ4n) is 2.39. The fourth-order valence-corrected chi connectivity index (χ4v) is 3.70. The van der Waals surface area contributed by atoms with Crippen LogP contribution in [0.25, 0.3) is 0 Å². The molecule has 0 saturated heterocycles. The van der Waals surface area contributed by atoms with Crippen molar-refractivity contribution in [2.24, 2.45) is 0 Å². The molecule has 3 nitrogen and oxygen atoms in total. The van der Waals surface area contributed by atoms with Crippen molar-refractivity contribution < 1.29 is 9.53 Å². The van der Waals surface area contributed by atoms with E-state index in [0.29, 0.717) is 0 Å². The Morgan fingerprint density at radius 1 is 1.10 bits per heavy atom. The van der Waals surface area contributed by atoms with Gasteiger partial charge in [-0.15, -0.1) is 11.8 Å². The van der Waals surface area contributed by atoms with E-state index in [9.17, 15) is 4.79 Å². The number of carbonyl (C=O) groups is 1. The molecule has 20 heavy (non-hydrogen) atoms. The summed E-state index contributed by atoms with van der Waals surface area (Å²) >= 11 is 1.58. The van der Waals surface area contributed by atoms with Crippen LogP contribution in [0.5, 0.6) is 5.75 Å². The number of ether oxygens (including phenoxy) is 1. The monoisotopic (exact) mass is 285 g/mol. The van der Waals surface area contributed by atoms with Gasteiger partial charge in [-0.3, -0.25) is 4.79 Å². The van der Waals surface area contributed by atoms with Crippen LogP contribution in [0.2, 0.25) is 0 Å². The molecule has 4 heteroatoms. The number of hydrogen-bond donors (Lipinski definition) is 0. The molecular weight excluding hydrogens is 270 g/mol. The number of benzene rings is 2. The standard InChI is InChI=1S/C16H15NO2S/c1-17-12-8-4-6-10-14(12)20-15(16(17)18)11-7-3-5-9-13(11)19-2/h3-10,15H,1-2H3/t15-/m1/s1. The molecule has 0 aromatic heterocycles. The molecule has 0 fully saturated rings. The van der Waals surface area contributed by atoms with Gasteiger partial charge in [0.15, 0.2) is 0 Å². The molecule has 0 unspecified atom stereocenters. The van der Waals surface area contributed by atoms with Crippen LogP contribution in [0.1, 0.15) is 10.8 Å². The Kier molecular flexibility index (Phi) is 3.40. The SMILES string of the molecule is COc1ccccc1[C@H]1Sc2ccccc2N(C)C1=O. The molecular formula is C16H15NO2S. The average molecular weight is 285 g/mol. The molecule has 102 valence electrons. The quantitative estimate of drug-likeness (QED) is 0.845. The van der Waals surface area contributed by atoms with Crippen LogP contribution in [0.3, 0.4) is 0 Å². The van der Waals surface area contributed by atoms with Crippen molar-refractivity contribution in [1.82, 2.24) is 0 Å². The van der Waals surface area contributed by atoms with Gasteiger partial charge >= 0.3 is 0 Å². The van der Waals surface area contributed by atoms with Crippen molar-refractivity contribution in [3.63, 3.8) is 0 Å². The molecule has 1 amide bonds. The van der Waals surface area contributed by atoms with Crippen LogP contribution in [-0.2, 0) is 4.79 Å². The van der Waals surface area contributed by atoms with Gasteiger partial charge in [0.1, 0.15) is 11.0 Å². The molecule has 0 spiro atoms. The highest BCUT2D eigenvalue weighted by atomic mass is 32.2. The van der Waals surface area contributed by atoms with Crippen molar-refractivity contribution in [2.45, 2.75) is 10.1 Å². The predicted octanol–water partition coefficient (Wildman–Crippen LogP) is 3.51. The number of anilines is 1. The Balaban J connectivity index is 2.06. The van der Waals surface area contributed by atoms with E-state index in [4.69, 9.17) is 4.74 Å². The number of nitrogens with zero attached hydrogens (tertiary/aromatic N) is 1. The Morgan fingerprint density at radius 3 is 2.60 bits per heavy atom. The van der Waals surface area contributed by atoms with Gasteiger partial charge in [0.25, 0.3) is 0 Å². The van der Waals surface area contributed by atoms with E-state index < -0.39 is 0 Å². The number of methoxy groups -OCH3 is 1. The molecule has 3 rings (SSSR count). The number of fused-ring (bicyclic) bond motifs is 1. The van der Waals surface area contributed by atoms with Crippen molar-refractivity contribution in [3.05, 3.63) is 54.1 Å². The molecule has 1 aliphatic rings. The van der Waals surface area contributed by atoms with E-state index in [-0.39, 0.29) is 11.2 Å². The highest BCUT2D eigenvalue weighted by Gasteiger charge is 2.33. The summed E-state index contributed by atoms with van der Waals surface area (Å²) in [6.07, 6.45) is 0. The van der Waals surface area contributed by atoms with Gasteiger partial charge < -0.3 is 9.64 Å². The first-order valence-corrected chi connectivity index (χ1v) is 7.26. The minimum atomic E-state index is -0.258. The summed E-state index contributed by atoms with van der Waals surface area (Å²) in [5.41, 5.74) is 1.89. The summed E-state index contributed by atoms with van der Waals surface area (Å²) in [6.45, 7) is 0. The van der Waals surface area contributed by atoms with Gasteiger partial charge in [-0.2, -0.15) is 0 Å². The van der Waals surface area contributed by atoms with Crippen LogP contribution < -0.4 is 9.64 Å². The molecule has 2 aromatic carbocycles. The second-order valence-corrected chi connectivity index (χ2v) is 5.75. The Hall–Kier alpha value is -1.94. The number of thioether (sulfide) groups is 1. The lowest BCUT2D eigenvalue weighted by molar-refractivity contribution is -0.118. The number of amides is 1. The first-order valence-electron chi connectivity index (χ1n) is 6.38. The van der Waals surface area contributed by atoms with E-state index >= 15 is 0 Å². The topological polar surface area (TPSA) is 29.5 Å². The number of rotatable bonds is 2. The summed E-state index contributed by atoms with van der Waals surface area (Å²) in [5, 5.41) is -0.258. The van der Waals surface area contributed by atoms with Crippen LogP contribution in [0.4, 0.5) is 5.69 Å². The minimum absolute atomic E-state index is 0.0817. The zero-order valence-corrected chi connectivity index (χ0v) is 12.2. The van der Waals surface area contributed by atoms with Crippen LogP contribution in [0, 0.1) is 0 Å². The third-order valence-corrected chi connectivity index (χ3v) is 4.74. The van der Waals surface area contributed by atoms with Crippen LogP contribution in [0.15, 0.2) is 53.4 Å². The Labute approximate surface area is 122 Å². The molecule has 1 aliphatic heterocycles. The first kappa shape index (κ1) is 13.1. The number of carbonyl (C=O) groups excluding carboxylic acids is 1. The maximum atomic E-state index is 12.6. The Bertz CT molecular complexity index is 656. The maximum Gasteiger partial charge on any atom is 0.244 e. The molecule has 0 aliphatic carbocycles. The van der Waals surface area contributed by atoms with Gasteiger partial charge in [0.05, 0.1) is 12.8 Å². The van der Waals surface area contributed by atoms with Crippen LogP contribution >= 0.6 is 11.8 Å². The van der Waals surface area contributed by atoms with Crippen molar-refractivity contribution in [1.29, 1.82) is 0 Å². The third kappa shape index (κ3) is 2.06. The van der Waals surface area contributed by atoms with Crippen molar-refractivity contribution >= 4 is 23.4 Å². The summed E-state index contributed by atoms with van der Waals surface area (Å²) in [7, 11) is 3.46. The summed E-state index contributed by atoms with van der Waals surface area (Å²) in [6, 6.07) is 15.7. The van der Waals surface area contributed by atoms with Gasteiger partial charge in [-0.1, -0.05) is 30.3 Å². The third-order valence-electron chi connectivity index (χ3n) is 3.45. The van der Waals surface area contributed by atoms with E-state index in [1.165, 1.54) is 0 Å². The predicted molar refractivity (Wildman–Crippen MR) is 81.4 cm³/mol. The summed E-state index contributed by atoms with van der Waals surface area (Å²) in [4.78, 5) is 15.4. The highest BCUT2D eigenvalue weighted by Crippen LogP contribution is 2.47. The molecule has 1 heterocycles. The van der Waals surface area contributed by atoms with Crippen molar-refractivity contribution in [2.75, 3.05) is 19.1 Å². The van der Waals surface area contributed by atoms with Gasteiger partial charge in [-0.25, -0.2) is 0 Å². The first-order chi connectivity index (χ1) is 9.72. The zero-order valence-electron chi connectivity index (χ0n) is 11.4. The number of hydrogen-bond acceptors (Lipinski definition) is 3. The molecule has 0 radical (unpaired) electrons. The summed E-state index contributed by atoms with van der Waals surface area (Å²) < 4.78 is 5.39. The Morgan fingerprint density at radius 2 is 1.80 bits per heavy atom. The maximum absolute atomic E-state index is 12.6. The van der Waals surface area contributed by atoms with Gasteiger partial charge in [0, 0.05) is 17.5 Å². The van der Waals surface area contributed by atoms with Gasteiger partial charge in [-0.05, 0) is 18.2 Å². The van der Waals surface area contributed by atoms with Gasteiger partial charge in [0.2, 0.25) is 5.91 Å². The van der Waals surface area contributed by atoms with Crippen molar-refractivity contribution in [3.8, 4) is 5.75 Å². The molecule has 0 bridgehead atoms. The number of likely N-dealkylation sites (N-methyl/N-ethyl adjacent to an activating group) is 1. The summed E-state index contributed by atoms with van der Waals surface area (Å²) in [5.74, 6) is 0.837. The lowest BCUT2D eigenvalue weighted by Crippen LogP contribution is -2.33. The largest absolute Gasteiger partial charge is 0.496 e. The fraction of sp³-hybridized carbons (Fsp3) is 0.188. The molecule has 1 atom stereocenters. The minimum Gasteiger partial charge on any atom is -0.496 e. The molecule has 0 N–H and O–H groups in total. The smallest absolute Gasteiger partial charge is 0.244 e. The highest BCUT2D eigenvalue weighted by molar-refractivity contribution is 8.00. The molecule has 0 saturated carbocycles. The van der Waals surface area contributed by atoms with E-state index in [0.717, 1.165) is 21.9 Å². The zero-order chi connectivity index (χ0) is 14.1. The van der Waals surface area contributed by atoms with E-state index in [2.05, 4.69) is 0 Å². The normalized spacial score (nSPS) is 17.8. The lowest BCUT2D eigenvalue weighted by Gasteiger charge is -2.31. The second-order valence-electron chi connectivity index (χ2n) is 4.60. The number of para-hydroxylation sites is 2. The second kappa shape index (κ2) is 5.21.